The molecule has 2 saturated heterocycles. The minimum atomic E-state index is -1.65. The SMILES string of the molecule is OC[C@H]1O[C@@H](O[C@H]2C(O)[C@@H](O)CO[C@@H]2CO)[C@H](O)[C@@H](O)[C@H]1O. The van der Waals surface area contributed by atoms with E-state index in [9.17, 15) is 30.6 Å². The molecule has 10 nitrogen and oxygen atoms in total. The molecule has 22 heavy (non-hydrogen) atoms. The fourth-order valence-corrected chi connectivity index (χ4v) is 2.51. The molecule has 0 bridgehead atoms. The fourth-order valence-electron chi connectivity index (χ4n) is 2.51. The minimum Gasteiger partial charge on any atom is -0.394 e. The summed E-state index contributed by atoms with van der Waals surface area (Å²) >= 11 is 0. The van der Waals surface area contributed by atoms with Gasteiger partial charge in [0.1, 0.15) is 48.8 Å². The largest absolute Gasteiger partial charge is 0.394 e. The van der Waals surface area contributed by atoms with Gasteiger partial charge >= 0.3 is 0 Å². The lowest BCUT2D eigenvalue weighted by molar-refractivity contribution is -0.336. The lowest BCUT2D eigenvalue weighted by Crippen LogP contribution is -2.63. The summed E-state index contributed by atoms with van der Waals surface area (Å²) < 4.78 is 15.6. The van der Waals surface area contributed by atoms with Gasteiger partial charge in [-0.1, -0.05) is 0 Å². The van der Waals surface area contributed by atoms with Crippen molar-refractivity contribution in [3.63, 3.8) is 0 Å². The third kappa shape index (κ3) is 3.41. The first-order valence-electron chi connectivity index (χ1n) is 6.95. The molecule has 7 N–H and O–H groups in total. The van der Waals surface area contributed by atoms with Gasteiger partial charge in [0, 0.05) is 0 Å². The van der Waals surface area contributed by atoms with E-state index in [1.54, 1.807) is 0 Å². The Bertz CT molecular complexity index is 351. The van der Waals surface area contributed by atoms with Crippen LogP contribution in [-0.4, -0.2) is 111 Å². The maximum Gasteiger partial charge on any atom is 0.187 e. The first kappa shape index (κ1) is 17.9. The number of aliphatic hydroxyl groups excluding tert-OH is 7. The highest BCUT2D eigenvalue weighted by atomic mass is 16.7. The van der Waals surface area contributed by atoms with E-state index >= 15 is 0 Å². The summed E-state index contributed by atoms with van der Waals surface area (Å²) in [6, 6.07) is 0. The van der Waals surface area contributed by atoms with Gasteiger partial charge in [0.2, 0.25) is 0 Å². The highest BCUT2D eigenvalue weighted by Crippen LogP contribution is 2.27. The molecule has 10 heteroatoms. The lowest BCUT2D eigenvalue weighted by atomic mass is 9.97. The zero-order valence-electron chi connectivity index (χ0n) is 11.7. The first-order valence-corrected chi connectivity index (χ1v) is 6.95. The normalized spacial score (nSPS) is 50.0. The van der Waals surface area contributed by atoms with Gasteiger partial charge in [0.25, 0.3) is 0 Å². The maximum absolute atomic E-state index is 9.93. The van der Waals surface area contributed by atoms with E-state index < -0.39 is 68.3 Å². The average molecular weight is 326 g/mol. The van der Waals surface area contributed by atoms with Crippen molar-refractivity contribution in [1.29, 1.82) is 0 Å². The summed E-state index contributed by atoms with van der Waals surface area (Å²) in [5.74, 6) is 0. The molecular formula is C12H22O10. The van der Waals surface area contributed by atoms with E-state index in [1.807, 2.05) is 0 Å². The Morgan fingerprint density at radius 1 is 0.818 bits per heavy atom. The predicted molar refractivity (Wildman–Crippen MR) is 67.5 cm³/mol. The van der Waals surface area contributed by atoms with Gasteiger partial charge < -0.3 is 50.0 Å². The Kier molecular flexibility index (Phi) is 6.07. The molecule has 2 fully saturated rings. The molecule has 0 spiro atoms. The van der Waals surface area contributed by atoms with Crippen LogP contribution in [0.2, 0.25) is 0 Å². The Labute approximate surface area is 126 Å². The Hall–Kier alpha value is -0.400. The molecule has 2 aliphatic rings. The summed E-state index contributed by atoms with van der Waals surface area (Å²) in [4.78, 5) is 0. The van der Waals surface area contributed by atoms with Crippen LogP contribution in [-0.2, 0) is 14.2 Å². The van der Waals surface area contributed by atoms with Crippen molar-refractivity contribution in [3.8, 4) is 0 Å². The lowest BCUT2D eigenvalue weighted by Gasteiger charge is -2.44. The van der Waals surface area contributed by atoms with E-state index in [-0.39, 0.29) is 6.61 Å². The number of aliphatic hydroxyl groups is 7. The van der Waals surface area contributed by atoms with Gasteiger partial charge in [-0.2, -0.15) is 0 Å². The van der Waals surface area contributed by atoms with E-state index in [4.69, 9.17) is 19.3 Å². The van der Waals surface area contributed by atoms with Gasteiger partial charge in [-0.25, -0.2) is 0 Å². The fraction of sp³-hybridized carbons (Fsp3) is 1.00. The standard InChI is InChI=1S/C12H22O10/c13-1-5-8(17)9(18)10(19)12(21-5)22-11-6(2-14)20-3-4(15)7(11)16/h4-19H,1-3H2/t4-,5+,6+,7?,8-,9-,10+,11+,12-/m0/s1. The third-order valence-electron chi connectivity index (χ3n) is 3.90. The van der Waals surface area contributed by atoms with Gasteiger partial charge in [0.05, 0.1) is 19.8 Å². The molecule has 0 aliphatic carbocycles. The second kappa shape index (κ2) is 7.45. The van der Waals surface area contributed by atoms with Crippen LogP contribution >= 0.6 is 0 Å². The zero-order valence-corrected chi connectivity index (χ0v) is 11.7. The van der Waals surface area contributed by atoms with Crippen LogP contribution in [0.1, 0.15) is 0 Å². The van der Waals surface area contributed by atoms with Gasteiger partial charge in [-0.3, -0.25) is 0 Å². The number of rotatable bonds is 4. The quantitative estimate of drug-likeness (QED) is 0.266. The number of ether oxygens (including phenoxy) is 3. The summed E-state index contributed by atoms with van der Waals surface area (Å²) in [6.07, 6.45) is -12.3. The first-order chi connectivity index (χ1) is 10.4. The monoisotopic (exact) mass is 326 g/mol. The molecule has 2 rings (SSSR count). The minimum absolute atomic E-state index is 0.194. The molecule has 0 aromatic carbocycles. The molecule has 1 unspecified atom stereocenters. The summed E-state index contributed by atoms with van der Waals surface area (Å²) in [7, 11) is 0. The number of hydrogen-bond donors (Lipinski definition) is 7. The molecule has 0 radical (unpaired) electrons. The number of hydrogen-bond acceptors (Lipinski definition) is 10. The molecule has 2 heterocycles. The molecule has 9 atom stereocenters. The van der Waals surface area contributed by atoms with Crippen molar-refractivity contribution in [2.75, 3.05) is 19.8 Å². The van der Waals surface area contributed by atoms with Crippen LogP contribution in [0.25, 0.3) is 0 Å². The third-order valence-corrected chi connectivity index (χ3v) is 3.90. The Morgan fingerprint density at radius 2 is 1.45 bits per heavy atom. The summed E-state index contributed by atoms with van der Waals surface area (Å²) in [6.45, 7) is -1.33. The smallest absolute Gasteiger partial charge is 0.187 e. The highest BCUT2D eigenvalue weighted by Gasteiger charge is 2.48. The molecule has 130 valence electrons. The molecule has 0 aromatic heterocycles. The molecule has 2 aliphatic heterocycles. The second-order valence-corrected chi connectivity index (χ2v) is 5.41. The van der Waals surface area contributed by atoms with Crippen molar-refractivity contribution in [3.05, 3.63) is 0 Å². The average Bonchev–Trinajstić information content (AvgIpc) is 2.52. The van der Waals surface area contributed by atoms with Gasteiger partial charge in [-0.15, -0.1) is 0 Å². The summed E-state index contributed by atoms with van der Waals surface area (Å²) in [5.41, 5.74) is 0. The van der Waals surface area contributed by atoms with E-state index in [1.165, 1.54) is 0 Å². The molecule has 0 aromatic rings. The topological polar surface area (TPSA) is 169 Å². The highest BCUT2D eigenvalue weighted by molar-refractivity contribution is 4.92. The van der Waals surface area contributed by atoms with Crippen LogP contribution < -0.4 is 0 Å². The van der Waals surface area contributed by atoms with Crippen molar-refractivity contribution < 1.29 is 50.0 Å². The van der Waals surface area contributed by atoms with Crippen LogP contribution in [0.15, 0.2) is 0 Å². The van der Waals surface area contributed by atoms with E-state index in [0.717, 1.165) is 0 Å². The van der Waals surface area contributed by atoms with Gasteiger partial charge in [0.15, 0.2) is 6.29 Å². The second-order valence-electron chi connectivity index (χ2n) is 5.41. The molecular weight excluding hydrogens is 304 g/mol. The van der Waals surface area contributed by atoms with E-state index in [2.05, 4.69) is 0 Å². The van der Waals surface area contributed by atoms with Crippen LogP contribution in [0.4, 0.5) is 0 Å². The Morgan fingerprint density at radius 3 is 2.05 bits per heavy atom. The predicted octanol–water partition coefficient (Wildman–Crippen LogP) is -4.72. The Balaban J connectivity index is 2.09. The van der Waals surface area contributed by atoms with Crippen molar-refractivity contribution >= 4 is 0 Å². The molecule has 0 saturated carbocycles. The van der Waals surface area contributed by atoms with Crippen LogP contribution in [0, 0.1) is 0 Å². The maximum atomic E-state index is 9.93. The van der Waals surface area contributed by atoms with Crippen molar-refractivity contribution in [2.45, 2.75) is 55.1 Å². The van der Waals surface area contributed by atoms with Crippen molar-refractivity contribution in [1.82, 2.24) is 0 Å². The summed E-state index contributed by atoms with van der Waals surface area (Å²) in [5, 5.41) is 67.0. The van der Waals surface area contributed by atoms with Crippen molar-refractivity contribution in [2.24, 2.45) is 0 Å². The van der Waals surface area contributed by atoms with E-state index in [0.29, 0.717) is 0 Å². The van der Waals surface area contributed by atoms with Crippen LogP contribution in [0.3, 0.4) is 0 Å². The van der Waals surface area contributed by atoms with Crippen LogP contribution in [0.5, 0.6) is 0 Å². The zero-order chi connectivity index (χ0) is 16.4. The molecule has 0 amide bonds. The van der Waals surface area contributed by atoms with Gasteiger partial charge in [-0.05, 0) is 0 Å².